The van der Waals surface area contributed by atoms with Crippen molar-refractivity contribution in [1.29, 1.82) is 0 Å². The van der Waals surface area contributed by atoms with Gasteiger partial charge in [-0.2, -0.15) is 0 Å². The first kappa shape index (κ1) is 13.8. The van der Waals surface area contributed by atoms with E-state index in [1.807, 2.05) is 0 Å². The number of hydrogen-bond acceptors (Lipinski definition) is 4. The molecule has 0 radical (unpaired) electrons. The van der Waals surface area contributed by atoms with Crippen molar-refractivity contribution >= 4 is 34.4 Å². The van der Waals surface area contributed by atoms with Gasteiger partial charge in [-0.1, -0.05) is 23.2 Å². The highest BCUT2D eigenvalue weighted by Crippen LogP contribution is 2.23. The van der Waals surface area contributed by atoms with Crippen molar-refractivity contribution in [1.82, 2.24) is 24.1 Å². The Morgan fingerprint density at radius 1 is 1.05 bits per heavy atom. The summed E-state index contributed by atoms with van der Waals surface area (Å²) in [6.07, 6.45) is 0. The van der Waals surface area contributed by atoms with Gasteiger partial charge in [0.15, 0.2) is 11.2 Å². The Bertz CT molecular complexity index is 986. The second kappa shape index (κ2) is 4.71. The Morgan fingerprint density at radius 3 is 2.43 bits per heavy atom. The fraction of sp³-hybridized carbons (Fsp3) is 0.167. The lowest BCUT2D eigenvalue weighted by Gasteiger charge is -2.02. The maximum absolute atomic E-state index is 12.1. The Morgan fingerprint density at radius 2 is 1.76 bits per heavy atom. The molecule has 0 N–H and O–H groups in total. The molecule has 0 unspecified atom stereocenters. The van der Waals surface area contributed by atoms with Crippen LogP contribution in [0.4, 0.5) is 0 Å². The summed E-state index contributed by atoms with van der Waals surface area (Å²) < 4.78 is 2.23. The van der Waals surface area contributed by atoms with Gasteiger partial charge in [-0.15, -0.1) is 15.0 Å². The molecule has 0 amide bonds. The highest BCUT2D eigenvalue weighted by Gasteiger charge is 2.16. The molecule has 0 saturated carbocycles. The fourth-order valence-electron chi connectivity index (χ4n) is 1.98. The third kappa shape index (κ3) is 2.05. The zero-order valence-corrected chi connectivity index (χ0v) is 12.6. The van der Waals surface area contributed by atoms with E-state index in [2.05, 4.69) is 10.2 Å². The topological polar surface area (TPSA) is 74.7 Å². The summed E-state index contributed by atoms with van der Waals surface area (Å²) in [4.78, 5) is 25.1. The normalized spacial score (nSPS) is 11.2. The van der Waals surface area contributed by atoms with Gasteiger partial charge >= 0.3 is 5.69 Å². The number of rotatable bonds is 1. The average molecular weight is 326 g/mol. The van der Waals surface area contributed by atoms with E-state index < -0.39 is 11.2 Å². The molecule has 21 heavy (non-hydrogen) atoms. The Balaban J connectivity index is 2.37. The summed E-state index contributed by atoms with van der Waals surface area (Å²) in [6.45, 7) is 0. The predicted octanol–water partition coefficient (Wildman–Crippen LogP) is 1.12. The van der Waals surface area contributed by atoms with E-state index in [0.717, 1.165) is 4.57 Å². The van der Waals surface area contributed by atoms with Gasteiger partial charge in [-0.05, 0) is 18.2 Å². The van der Waals surface area contributed by atoms with E-state index in [9.17, 15) is 9.59 Å². The van der Waals surface area contributed by atoms with Crippen LogP contribution < -0.4 is 11.2 Å². The van der Waals surface area contributed by atoms with Crippen LogP contribution in [0.25, 0.3) is 16.9 Å². The van der Waals surface area contributed by atoms with Crippen molar-refractivity contribution in [3.63, 3.8) is 0 Å². The van der Waals surface area contributed by atoms with Crippen molar-refractivity contribution < 1.29 is 0 Å². The summed E-state index contributed by atoms with van der Waals surface area (Å²) in [5.41, 5.74) is -0.238. The molecule has 3 rings (SSSR count). The van der Waals surface area contributed by atoms with Crippen LogP contribution in [0.3, 0.4) is 0 Å². The third-order valence-corrected chi connectivity index (χ3v) is 3.66. The Labute approximate surface area is 127 Å². The number of aromatic nitrogens is 5. The number of benzene rings is 1. The van der Waals surface area contributed by atoms with Crippen LogP contribution in [-0.4, -0.2) is 24.1 Å². The van der Waals surface area contributed by atoms with Crippen LogP contribution in [-0.2, 0) is 14.1 Å². The molecule has 1 aromatic carbocycles. The SMILES string of the molecule is Cn1c(=O)c2nn(-c3ccc(Cl)cc3Cl)nc2n(C)c1=O. The average Bonchev–Trinajstić information content (AvgIpc) is 2.88. The maximum Gasteiger partial charge on any atom is 0.332 e. The van der Waals surface area contributed by atoms with Gasteiger partial charge < -0.3 is 0 Å². The number of nitrogens with zero attached hydrogens (tertiary/aromatic N) is 5. The van der Waals surface area contributed by atoms with Gasteiger partial charge in [0.1, 0.15) is 5.69 Å². The van der Waals surface area contributed by atoms with Crippen LogP contribution in [0, 0.1) is 0 Å². The molecular formula is C12H9Cl2N5O2. The first-order valence-electron chi connectivity index (χ1n) is 5.88. The molecule has 0 saturated heterocycles. The molecule has 0 aliphatic rings. The first-order chi connectivity index (χ1) is 9.90. The number of fused-ring (bicyclic) bond motifs is 1. The molecule has 2 aromatic heterocycles. The fourth-order valence-corrected chi connectivity index (χ4v) is 2.46. The summed E-state index contributed by atoms with van der Waals surface area (Å²) >= 11 is 11.9. The molecule has 0 fully saturated rings. The molecule has 0 aliphatic heterocycles. The standard InChI is InChI=1S/C12H9Cl2N5O2/c1-17-10-9(11(20)18(2)12(17)21)15-19(16-10)8-4-3-6(13)5-7(8)14/h3-5H,1-2H3. The van der Waals surface area contributed by atoms with E-state index in [1.54, 1.807) is 18.2 Å². The predicted molar refractivity (Wildman–Crippen MR) is 79.4 cm³/mol. The van der Waals surface area contributed by atoms with Gasteiger partial charge in [0, 0.05) is 19.1 Å². The molecule has 2 heterocycles. The second-order valence-corrected chi connectivity index (χ2v) is 5.31. The Hall–Kier alpha value is -2.12. The van der Waals surface area contributed by atoms with Crippen molar-refractivity contribution in [2.24, 2.45) is 14.1 Å². The molecule has 3 aromatic rings. The molecule has 0 atom stereocenters. The van der Waals surface area contributed by atoms with Crippen LogP contribution in [0.1, 0.15) is 0 Å². The van der Waals surface area contributed by atoms with Crippen LogP contribution in [0.15, 0.2) is 27.8 Å². The summed E-state index contributed by atoms with van der Waals surface area (Å²) in [7, 11) is 2.91. The number of aryl methyl sites for hydroxylation is 1. The zero-order chi connectivity index (χ0) is 15.3. The largest absolute Gasteiger partial charge is 0.332 e. The minimum absolute atomic E-state index is 0.0885. The lowest BCUT2D eigenvalue weighted by Crippen LogP contribution is -2.36. The van der Waals surface area contributed by atoms with E-state index in [0.29, 0.717) is 15.7 Å². The van der Waals surface area contributed by atoms with E-state index in [4.69, 9.17) is 23.2 Å². The van der Waals surface area contributed by atoms with Crippen LogP contribution in [0.5, 0.6) is 0 Å². The van der Waals surface area contributed by atoms with Crippen molar-refractivity contribution in [3.05, 3.63) is 49.1 Å². The van der Waals surface area contributed by atoms with E-state index in [-0.39, 0.29) is 11.2 Å². The van der Waals surface area contributed by atoms with E-state index >= 15 is 0 Å². The van der Waals surface area contributed by atoms with Gasteiger partial charge in [0.2, 0.25) is 0 Å². The quantitative estimate of drug-likeness (QED) is 0.672. The molecule has 108 valence electrons. The zero-order valence-electron chi connectivity index (χ0n) is 11.0. The highest BCUT2D eigenvalue weighted by molar-refractivity contribution is 6.35. The molecule has 9 heteroatoms. The Kier molecular flexibility index (Phi) is 3.11. The summed E-state index contributed by atoms with van der Waals surface area (Å²) in [5, 5.41) is 9.10. The van der Waals surface area contributed by atoms with E-state index in [1.165, 1.54) is 23.5 Å². The number of halogens is 2. The van der Waals surface area contributed by atoms with Gasteiger partial charge in [-0.3, -0.25) is 13.9 Å². The lowest BCUT2D eigenvalue weighted by atomic mass is 10.3. The molecule has 0 aliphatic carbocycles. The maximum atomic E-state index is 12.1. The minimum Gasteiger partial charge on any atom is -0.278 e. The third-order valence-electron chi connectivity index (χ3n) is 3.12. The van der Waals surface area contributed by atoms with Gasteiger partial charge in [0.25, 0.3) is 5.56 Å². The molecule has 0 bridgehead atoms. The minimum atomic E-state index is -0.510. The monoisotopic (exact) mass is 325 g/mol. The van der Waals surface area contributed by atoms with Crippen molar-refractivity contribution in [3.8, 4) is 5.69 Å². The molecular weight excluding hydrogens is 317 g/mol. The van der Waals surface area contributed by atoms with Crippen molar-refractivity contribution in [2.75, 3.05) is 0 Å². The lowest BCUT2D eigenvalue weighted by molar-refractivity contribution is 0.705. The van der Waals surface area contributed by atoms with Gasteiger partial charge in [0.05, 0.1) is 5.02 Å². The first-order valence-corrected chi connectivity index (χ1v) is 6.64. The van der Waals surface area contributed by atoms with Crippen LogP contribution in [0.2, 0.25) is 10.0 Å². The van der Waals surface area contributed by atoms with Crippen LogP contribution >= 0.6 is 23.2 Å². The smallest absolute Gasteiger partial charge is 0.278 e. The highest BCUT2D eigenvalue weighted by atomic mass is 35.5. The second-order valence-electron chi connectivity index (χ2n) is 4.46. The summed E-state index contributed by atoms with van der Waals surface area (Å²) in [6, 6.07) is 4.81. The molecule has 0 spiro atoms. The van der Waals surface area contributed by atoms with Crippen molar-refractivity contribution in [2.45, 2.75) is 0 Å². The van der Waals surface area contributed by atoms with Gasteiger partial charge in [-0.25, -0.2) is 4.79 Å². The molecule has 7 nitrogen and oxygen atoms in total. The summed E-state index contributed by atoms with van der Waals surface area (Å²) in [5.74, 6) is 0. The number of hydrogen-bond donors (Lipinski definition) is 0.